The molecule has 2 atom stereocenters. The van der Waals surface area contributed by atoms with Gasteiger partial charge in [0, 0.05) is 56.6 Å². The fourth-order valence-electron chi connectivity index (χ4n) is 4.04. The Morgan fingerprint density at radius 1 is 1.18 bits per heavy atom. The summed E-state index contributed by atoms with van der Waals surface area (Å²) in [4.78, 5) is 20.1. The van der Waals surface area contributed by atoms with Gasteiger partial charge in [0.15, 0.2) is 0 Å². The third-order valence-corrected chi connectivity index (χ3v) is 6.37. The highest BCUT2D eigenvalue weighted by Gasteiger charge is 2.26. The minimum atomic E-state index is -3.27. The summed E-state index contributed by atoms with van der Waals surface area (Å²) >= 11 is 0. The summed E-state index contributed by atoms with van der Waals surface area (Å²) in [5, 5.41) is 0. The van der Waals surface area contributed by atoms with Crippen LogP contribution in [0.1, 0.15) is 42.0 Å². The van der Waals surface area contributed by atoms with Gasteiger partial charge in [0.2, 0.25) is 10.0 Å². The summed E-state index contributed by atoms with van der Waals surface area (Å²) in [7, 11) is -3.27. The number of hydrogen-bond acceptors (Lipinski definition) is 7. The topological polar surface area (TPSA) is 101 Å². The zero-order valence-electron chi connectivity index (χ0n) is 19.1. The molecule has 2 aromatic heterocycles. The lowest BCUT2D eigenvalue weighted by Gasteiger charge is -2.20. The summed E-state index contributed by atoms with van der Waals surface area (Å²) < 4.78 is 39.3. The lowest BCUT2D eigenvalue weighted by atomic mass is 9.97. The van der Waals surface area contributed by atoms with E-state index in [4.69, 9.17) is 9.97 Å². The van der Waals surface area contributed by atoms with Crippen molar-refractivity contribution < 1.29 is 12.8 Å². The number of anilines is 1. The molecule has 182 valence electrons. The SMILES string of the molecule is C[C@H](Cc1nc(Cc2cnccn2)cc(N2CCC(NS(C)(=O)=O)C2)n1)c1ccc(F)cc1.Cl. The maximum absolute atomic E-state index is 13.3. The number of nitrogens with zero attached hydrogens (tertiary/aromatic N) is 5. The molecule has 0 radical (unpaired) electrons. The van der Waals surface area contributed by atoms with Crippen molar-refractivity contribution in [1.82, 2.24) is 24.7 Å². The Balaban J connectivity index is 0.00000324. The first-order valence-corrected chi connectivity index (χ1v) is 12.7. The fourth-order valence-corrected chi connectivity index (χ4v) is 4.84. The van der Waals surface area contributed by atoms with E-state index in [1.165, 1.54) is 18.4 Å². The van der Waals surface area contributed by atoms with E-state index < -0.39 is 10.0 Å². The largest absolute Gasteiger partial charge is 0.355 e. The molecule has 0 bridgehead atoms. The molecule has 3 heterocycles. The van der Waals surface area contributed by atoms with Gasteiger partial charge in [0.25, 0.3) is 0 Å². The van der Waals surface area contributed by atoms with Crippen LogP contribution in [0, 0.1) is 5.82 Å². The van der Waals surface area contributed by atoms with Crippen LogP contribution in [0.2, 0.25) is 0 Å². The van der Waals surface area contributed by atoms with E-state index in [9.17, 15) is 12.8 Å². The van der Waals surface area contributed by atoms with Gasteiger partial charge in [-0.1, -0.05) is 19.1 Å². The molecule has 1 unspecified atom stereocenters. The molecule has 0 spiro atoms. The summed E-state index contributed by atoms with van der Waals surface area (Å²) in [6.45, 7) is 3.30. The van der Waals surface area contributed by atoms with E-state index in [0.717, 1.165) is 22.8 Å². The van der Waals surface area contributed by atoms with Crippen LogP contribution < -0.4 is 9.62 Å². The molecule has 8 nitrogen and oxygen atoms in total. The van der Waals surface area contributed by atoms with Crippen molar-refractivity contribution in [2.45, 2.75) is 38.1 Å². The number of hydrogen-bond donors (Lipinski definition) is 1. The lowest BCUT2D eigenvalue weighted by molar-refractivity contribution is 0.567. The molecule has 11 heteroatoms. The Bertz CT molecular complexity index is 1200. The summed E-state index contributed by atoms with van der Waals surface area (Å²) in [5.41, 5.74) is 2.64. The predicted molar refractivity (Wildman–Crippen MR) is 131 cm³/mol. The summed E-state index contributed by atoms with van der Waals surface area (Å²) in [5.74, 6) is 1.29. The van der Waals surface area contributed by atoms with Gasteiger partial charge in [-0.2, -0.15) is 0 Å². The highest BCUT2D eigenvalue weighted by Crippen LogP contribution is 2.24. The Morgan fingerprint density at radius 2 is 1.94 bits per heavy atom. The van der Waals surface area contributed by atoms with E-state index >= 15 is 0 Å². The lowest BCUT2D eigenvalue weighted by Crippen LogP contribution is -2.36. The van der Waals surface area contributed by atoms with E-state index in [0.29, 0.717) is 38.2 Å². The van der Waals surface area contributed by atoms with Gasteiger partial charge in [-0.3, -0.25) is 9.97 Å². The fraction of sp³-hybridized carbons (Fsp3) is 0.391. The number of halogens is 2. The van der Waals surface area contributed by atoms with Crippen LogP contribution in [0.25, 0.3) is 0 Å². The zero-order chi connectivity index (χ0) is 23.4. The van der Waals surface area contributed by atoms with Crippen molar-refractivity contribution in [1.29, 1.82) is 0 Å². The normalized spacial score (nSPS) is 16.8. The third-order valence-electron chi connectivity index (χ3n) is 5.61. The molecular formula is C23H28ClFN6O2S. The van der Waals surface area contributed by atoms with Crippen molar-refractivity contribution in [3.8, 4) is 0 Å². The highest BCUT2D eigenvalue weighted by molar-refractivity contribution is 7.88. The van der Waals surface area contributed by atoms with Crippen LogP contribution in [0.4, 0.5) is 10.2 Å². The maximum atomic E-state index is 13.3. The molecule has 3 aromatic rings. The molecule has 34 heavy (non-hydrogen) atoms. The highest BCUT2D eigenvalue weighted by atomic mass is 35.5. The standard InChI is InChI=1S/C23H27FN6O2S.ClH/c1-16(17-3-5-18(24)6-4-17)11-22-27-20(12-21-14-25-8-9-26-21)13-23(28-22)30-10-7-19(15-30)29-33(2,31)32;/h3-6,8-9,13-14,16,19,29H,7,10-12,15H2,1-2H3;1H/t16-,19?;/m1./s1. The number of benzene rings is 1. The first kappa shape index (κ1) is 25.9. The van der Waals surface area contributed by atoms with Gasteiger partial charge in [-0.15, -0.1) is 12.4 Å². The zero-order valence-corrected chi connectivity index (χ0v) is 20.7. The van der Waals surface area contributed by atoms with E-state index in [1.807, 2.05) is 6.07 Å². The Hall–Kier alpha value is -2.69. The molecule has 1 aliphatic heterocycles. The van der Waals surface area contributed by atoms with E-state index in [2.05, 4.69) is 26.5 Å². The van der Waals surface area contributed by atoms with Crippen LogP contribution in [-0.4, -0.2) is 53.7 Å². The Labute approximate surface area is 205 Å². The molecule has 1 aliphatic rings. The predicted octanol–water partition coefficient (Wildman–Crippen LogP) is 2.89. The van der Waals surface area contributed by atoms with Gasteiger partial charge in [-0.05, 0) is 30.0 Å². The smallest absolute Gasteiger partial charge is 0.209 e. The molecular weight excluding hydrogens is 479 g/mol. The molecule has 1 saturated heterocycles. The third kappa shape index (κ3) is 7.15. The first-order valence-electron chi connectivity index (χ1n) is 10.8. The van der Waals surface area contributed by atoms with Crippen molar-refractivity contribution >= 4 is 28.2 Å². The average molecular weight is 507 g/mol. The van der Waals surface area contributed by atoms with Crippen LogP contribution in [-0.2, 0) is 22.9 Å². The van der Waals surface area contributed by atoms with E-state index in [-0.39, 0.29) is 30.2 Å². The number of rotatable bonds is 8. The van der Waals surface area contributed by atoms with Gasteiger partial charge in [-0.25, -0.2) is 27.5 Å². The molecule has 0 aliphatic carbocycles. The van der Waals surface area contributed by atoms with Gasteiger partial charge >= 0.3 is 0 Å². The van der Waals surface area contributed by atoms with Crippen LogP contribution in [0.5, 0.6) is 0 Å². The molecule has 0 saturated carbocycles. The monoisotopic (exact) mass is 506 g/mol. The van der Waals surface area contributed by atoms with Crippen molar-refractivity contribution in [3.05, 3.63) is 77.5 Å². The maximum Gasteiger partial charge on any atom is 0.209 e. The minimum absolute atomic E-state index is 0. The minimum Gasteiger partial charge on any atom is -0.355 e. The number of sulfonamides is 1. The first-order chi connectivity index (χ1) is 15.7. The Kier molecular flexibility index (Phi) is 8.51. The second-order valence-corrected chi connectivity index (χ2v) is 10.3. The average Bonchev–Trinajstić information content (AvgIpc) is 3.21. The van der Waals surface area contributed by atoms with Crippen molar-refractivity contribution in [2.75, 3.05) is 24.2 Å². The van der Waals surface area contributed by atoms with E-state index in [1.54, 1.807) is 30.7 Å². The van der Waals surface area contributed by atoms with Gasteiger partial charge < -0.3 is 4.90 Å². The van der Waals surface area contributed by atoms with Gasteiger partial charge in [0.05, 0.1) is 17.6 Å². The van der Waals surface area contributed by atoms with Gasteiger partial charge in [0.1, 0.15) is 17.5 Å². The van der Waals surface area contributed by atoms with Crippen LogP contribution in [0.3, 0.4) is 0 Å². The second-order valence-electron chi connectivity index (χ2n) is 8.49. The number of nitrogens with one attached hydrogen (secondary N) is 1. The molecule has 0 amide bonds. The molecule has 1 aromatic carbocycles. The molecule has 4 rings (SSSR count). The van der Waals surface area contributed by atoms with Crippen LogP contribution >= 0.6 is 12.4 Å². The molecule has 1 fully saturated rings. The molecule has 1 N–H and O–H groups in total. The summed E-state index contributed by atoms with van der Waals surface area (Å²) in [6.07, 6.45) is 7.98. The van der Waals surface area contributed by atoms with Crippen molar-refractivity contribution in [2.24, 2.45) is 0 Å². The quantitative estimate of drug-likeness (QED) is 0.501. The second kappa shape index (κ2) is 11.2. The summed E-state index contributed by atoms with van der Waals surface area (Å²) in [6, 6.07) is 8.27. The number of aromatic nitrogens is 4. The van der Waals surface area contributed by atoms with Crippen LogP contribution in [0.15, 0.2) is 48.9 Å². The van der Waals surface area contributed by atoms with Crippen molar-refractivity contribution in [3.63, 3.8) is 0 Å². The Morgan fingerprint density at radius 3 is 2.62 bits per heavy atom.